The Balaban J connectivity index is 2.01. The van der Waals surface area contributed by atoms with E-state index in [2.05, 4.69) is 30.9 Å². The van der Waals surface area contributed by atoms with Crippen LogP contribution in [0.25, 0.3) is 0 Å². The minimum Gasteiger partial charge on any atom is -0.384 e. The van der Waals surface area contributed by atoms with Gasteiger partial charge in [-0.1, -0.05) is 15.9 Å². The number of hydrogen-bond donors (Lipinski definition) is 2. The Hall–Kier alpha value is -1.57. The lowest BCUT2D eigenvalue weighted by atomic mass is 10.3. The Labute approximate surface area is 145 Å². The van der Waals surface area contributed by atoms with E-state index >= 15 is 0 Å². The van der Waals surface area contributed by atoms with E-state index in [1.54, 1.807) is 36.4 Å². The minimum atomic E-state index is -3.57. The summed E-state index contributed by atoms with van der Waals surface area (Å²) in [6.07, 6.45) is 0. The average molecular weight is 398 g/mol. The fraction of sp³-hybridized carbons (Fsp3) is 0.250. The third kappa shape index (κ3) is 5.53. The van der Waals surface area contributed by atoms with Gasteiger partial charge in [-0.15, -0.1) is 0 Å². The zero-order chi connectivity index (χ0) is 16.9. The molecule has 23 heavy (non-hydrogen) atoms. The lowest BCUT2D eigenvalue weighted by Crippen LogP contribution is -2.20. The molecule has 0 saturated carbocycles. The van der Waals surface area contributed by atoms with Gasteiger partial charge in [-0.2, -0.15) is 0 Å². The van der Waals surface area contributed by atoms with Gasteiger partial charge in [-0.05, 0) is 62.6 Å². The molecule has 2 aromatic rings. The number of hydrogen-bond acceptors (Lipinski definition) is 4. The average Bonchev–Trinajstić information content (AvgIpc) is 2.49. The number of nitrogens with one attached hydrogen (secondary N) is 2. The molecule has 0 atom stereocenters. The van der Waals surface area contributed by atoms with Crippen molar-refractivity contribution < 1.29 is 8.42 Å². The lowest BCUT2D eigenvalue weighted by Gasteiger charge is -2.12. The molecule has 0 aromatic heterocycles. The second-order valence-corrected chi connectivity index (χ2v) is 7.96. The summed E-state index contributed by atoms with van der Waals surface area (Å²) >= 11 is 3.29. The number of sulfonamides is 1. The molecular formula is C16H20BrN3O2S. The van der Waals surface area contributed by atoms with Crippen LogP contribution in [0.4, 0.5) is 11.4 Å². The maximum Gasteiger partial charge on any atom is 0.261 e. The Morgan fingerprint density at radius 3 is 2.09 bits per heavy atom. The Kier molecular flexibility index (Phi) is 6.04. The van der Waals surface area contributed by atoms with Crippen molar-refractivity contribution in [2.24, 2.45) is 0 Å². The molecule has 2 rings (SSSR count). The second-order valence-electron chi connectivity index (χ2n) is 5.37. The van der Waals surface area contributed by atoms with Crippen molar-refractivity contribution in [2.75, 3.05) is 37.2 Å². The molecule has 0 aliphatic heterocycles. The molecule has 0 heterocycles. The van der Waals surface area contributed by atoms with Crippen LogP contribution in [-0.2, 0) is 10.0 Å². The highest BCUT2D eigenvalue weighted by molar-refractivity contribution is 9.10. The van der Waals surface area contributed by atoms with Gasteiger partial charge in [0.1, 0.15) is 0 Å². The predicted octanol–water partition coefficient (Wildman–Crippen LogP) is 3.22. The highest BCUT2D eigenvalue weighted by Gasteiger charge is 2.13. The van der Waals surface area contributed by atoms with E-state index in [9.17, 15) is 8.42 Å². The largest absolute Gasteiger partial charge is 0.384 e. The number of halogens is 1. The SMILES string of the molecule is CN(C)CCNc1ccc(NS(=O)(=O)c2ccc(Br)cc2)cc1. The lowest BCUT2D eigenvalue weighted by molar-refractivity contribution is 0.425. The standard InChI is InChI=1S/C16H20BrN3O2S/c1-20(2)12-11-18-14-5-7-15(8-6-14)19-23(21,22)16-9-3-13(17)4-10-16/h3-10,18-19H,11-12H2,1-2H3. The number of anilines is 2. The highest BCUT2D eigenvalue weighted by atomic mass is 79.9. The molecule has 124 valence electrons. The first-order chi connectivity index (χ1) is 10.9. The molecule has 0 spiro atoms. The van der Waals surface area contributed by atoms with Gasteiger partial charge in [-0.3, -0.25) is 4.72 Å². The van der Waals surface area contributed by atoms with Gasteiger partial charge < -0.3 is 10.2 Å². The van der Waals surface area contributed by atoms with Crippen LogP contribution in [0.1, 0.15) is 0 Å². The molecule has 0 aliphatic rings. The highest BCUT2D eigenvalue weighted by Crippen LogP contribution is 2.20. The fourth-order valence-corrected chi connectivity index (χ4v) is 3.23. The summed E-state index contributed by atoms with van der Waals surface area (Å²) < 4.78 is 28.0. The summed E-state index contributed by atoms with van der Waals surface area (Å²) in [7, 11) is 0.462. The van der Waals surface area contributed by atoms with Crippen molar-refractivity contribution in [3.63, 3.8) is 0 Å². The summed E-state index contributed by atoms with van der Waals surface area (Å²) in [6, 6.07) is 13.7. The van der Waals surface area contributed by atoms with Gasteiger partial charge >= 0.3 is 0 Å². The van der Waals surface area contributed by atoms with E-state index in [4.69, 9.17) is 0 Å². The molecule has 0 amide bonds. The van der Waals surface area contributed by atoms with Crippen molar-refractivity contribution in [1.29, 1.82) is 0 Å². The van der Waals surface area contributed by atoms with E-state index in [1.807, 2.05) is 26.2 Å². The molecule has 2 aromatic carbocycles. The minimum absolute atomic E-state index is 0.230. The van der Waals surface area contributed by atoms with Crippen molar-refractivity contribution in [3.8, 4) is 0 Å². The van der Waals surface area contributed by atoms with Gasteiger partial charge in [0.15, 0.2) is 0 Å². The van der Waals surface area contributed by atoms with Crippen LogP contribution in [0.15, 0.2) is 57.9 Å². The van der Waals surface area contributed by atoms with Crippen LogP contribution in [-0.4, -0.2) is 40.5 Å². The zero-order valence-corrected chi connectivity index (χ0v) is 15.5. The van der Waals surface area contributed by atoms with Crippen molar-refractivity contribution >= 4 is 37.3 Å². The molecule has 2 N–H and O–H groups in total. The van der Waals surface area contributed by atoms with Crippen molar-refractivity contribution in [3.05, 3.63) is 53.0 Å². The van der Waals surface area contributed by atoms with Gasteiger partial charge in [0.25, 0.3) is 10.0 Å². The quantitative estimate of drug-likeness (QED) is 0.752. The summed E-state index contributed by atoms with van der Waals surface area (Å²) in [5, 5.41) is 3.28. The number of likely N-dealkylation sites (N-methyl/N-ethyl adjacent to an activating group) is 1. The van der Waals surface area contributed by atoms with E-state index in [1.165, 1.54) is 0 Å². The van der Waals surface area contributed by atoms with Crippen molar-refractivity contribution in [1.82, 2.24) is 4.90 Å². The van der Waals surface area contributed by atoms with Crippen LogP contribution in [0.3, 0.4) is 0 Å². The van der Waals surface area contributed by atoms with E-state index in [-0.39, 0.29) is 4.90 Å². The maximum absolute atomic E-state index is 12.3. The Morgan fingerprint density at radius 1 is 0.957 bits per heavy atom. The number of benzene rings is 2. The molecule has 5 nitrogen and oxygen atoms in total. The smallest absolute Gasteiger partial charge is 0.261 e. The summed E-state index contributed by atoms with van der Waals surface area (Å²) in [6.45, 7) is 1.76. The van der Waals surface area contributed by atoms with Crippen LogP contribution in [0, 0.1) is 0 Å². The normalized spacial score (nSPS) is 11.5. The zero-order valence-electron chi connectivity index (χ0n) is 13.1. The third-order valence-electron chi connectivity index (χ3n) is 3.15. The molecule has 0 bridgehead atoms. The van der Waals surface area contributed by atoms with Crippen LogP contribution in [0.5, 0.6) is 0 Å². The molecule has 0 aliphatic carbocycles. The van der Waals surface area contributed by atoms with E-state index < -0.39 is 10.0 Å². The molecule has 0 fully saturated rings. The van der Waals surface area contributed by atoms with Crippen molar-refractivity contribution in [2.45, 2.75) is 4.90 Å². The Bertz CT molecular complexity index is 729. The summed E-state index contributed by atoms with van der Waals surface area (Å²) in [4.78, 5) is 2.32. The second kappa shape index (κ2) is 7.81. The first kappa shape index (κ1) is 17.8. The molecule has 0 unspecified atom stereocenters. The third-order valence-corrected chi connectivity index (χ3v) is 5.08. The summed E-state index contributed by atoms with van der Waals surface area (Å²) in [5.41, 5.74) is 1.49. The van der Waals surface area contributed by atoms with Crippen LogP contribution < -0.4 is 10.0 Å². The van der Waals surface area contributed by atoms with Crippen LogP contribution in [0.2, 0.25) is 0 Å². The number of nitrogens with zero attached hydrogens (tertiary/aromatic N) is 1. The van der Waals surface area contributed by atoms with E-state index in [0.717, 1.165) is 23.2 Å². The van der Waals surface area contributed by atoms with Gasteiger partial charge in [0.05, 0.1) is 4.90 Å². The van der Waals surface area contributed by atoms with Gasteiger partial charge in [0.2, 0.25) is 0 Å². The van der Waals surface area contributed by atoms with E-state index in [0.29, 0.717) is 5.69 Å². The van der Waals surface area contributed by atoms with Gasteiger partial charge in [-0.25, -0.2) is 8.42 Å². The van der Waals surface area contributed by atoms with Crippen LogP contribution >= 0.6 is 15.9 Å². The molecule has 7 heteroatoms. The first-order valence-electron chi connectivity index (χ1n) is 7.14. The summed E-state index contributed by atoms with van der Waals surface area (Å²) in [5.74, 6) is 0. The fourth-order valence-electron chi connectivity index (χ4n) is 1.91. The molecular weight excluding hydrogens is 378 g/mol. The maximum atomic E-state index is 12.3. The molecule has 0 saturated heterocycles. The first-order valence-corrected chi connectivity index (χ1v) is 9.41. The predicted molar refractivity (Wildman–Crippen MR) is 98.4 cm³/mol. The Morgan fingerprint density at radius 2 is 1.52 bits per heavy atom. The topological polar surface area (TPSA) is 61.4 Å². The van der Waals surface area contributed by atoms with Gasteiger partial charge in [0, 0.05) is 28.9 Å². The number of rotatable bonds is 7. The molecule has 0 radical (unpaired) electrons. The monoisotopic (exact) mass is 397 g/mol.